The van der Waals surface area contributed by atoms with Crippen LogP contribution >= 0.6 is 11.3 Å². The van der Waals surface area contributed by atoms with Crippen LogP contribution in [0.4, 0.5) is 0 Å². The Kier molecular flexibility index (Phi) is 5.86. The fraction of sp³-hybridized carbons (Fsp3) is 0.500. The predicted octanol–water partition coefficient (Wildman–Crippen LogP) is 3.81. The maximum absolute atomic E-state index is 12.9. The molecule has 1 amide bonds. The SMILES string of the molecule is Cc1nc(CC(=O)N2CCCCC2c2ccc(CN(C)C)cc2)cs1. The normalized spacial score (nSPS) is 17.9. The van der Waals surface area contributed by atoms with Gasteiger partial charge in [-0.1, -0.05) is 24.3 Å². The van der Waals surface area contributed by atoms with E-state index in [1.807, 2.05) is 12.3 Å². The lowest BCUT2D eigenvalue weighted by Gasteiger charge is -2.36. The van der Waals surface area contributed by atoms with E-state index < -0.39 is 0 Å². The van der Waals surface area contributed by atoms with Crippen molar-refractivity contribution in [2.45, 2.75) is 45.2 Å². The Labute approximate surface area is 154 Å². The van der Waals surface area contributed by atoms with Crippen LogP contribution in [-0.4, -0.2) is 41.3 Å². The summed E-state index contributed by atoms with van der Waals surface area (Å²) in [5.41, 5.74) is 3.46. The first-order valence-corrected chi connectivity index (χ1v) is 9.85. The first-order chi connectivity index (χ1) is 12.0. The minimum absolute atomic E-state index is 0.201. The first-order valence-electron chi connectivity index (χ1n) is 8.97. The number of piperidine rings is 1. The highest BCUT2D eigenvalue weighted by atomic mass is 32.1. The van der Waals surface area contributed by atoms with Crippen molar-refractivity contribution in [2.24, 2.45) is 0 Å². The Balaban J connectivity index is 1.72. The molecule has 134 valence electrons. The third-order valence-electron chi connectivity index (χ3n) is 4.69. The third-order valence-corrected chi connectivity index (χ3v) is 5.51. The zero-order chi connectivity index (χ0) is 17.8. The molecule has 5 heteroatoms. The van der Waals surface area contributed by atoms with Crippen LogP contribution in [0, 0.1) is 6.92 Å². The van der Waals surface area contributed by atoms with Gasteiger partial charge in [-0.15, -0.1) is 11.3 Å². The van der Waals surface area contributed by atoms with Crippen LogP contribution in [0.25, 0.3) is 0 Å². The highest BCUT2D eigenvalue weighted by molar-refractivity contribution is 7.09. The van der Waals surface area contributed by atoms with Gasteiger partial charge in [0.15, 0.2) is 0 Å². The molecule has 0 radical (unpaired) electrons. The van der Waals surface area contributed by atoms with Crippen molar-refractivity contribution in [1.29, 1.82) is 0 Å². The van der Waals surface area contributed by atoms with Crippen molar-refractivity contribution >= 4 is 17.2 Å². The number of benzene rings is 1. The fourth-order valence-corrected chi connectivity index (χ4v) is 4.15. The maximum Gasteiger partial charge on any atom is 0.229 e. The average molecular weight is 358 g/mol. The second kappa shape index (κ2) is 8.11. The fourth-order valence-electron chi connectivity index (χ4n) is 3.53. The Morgan fingerprint density at radius 1 is 1.28 bits per heavy atom. The number of amides is 1. The molecule has 1 aliphatic rings. The van der Waals surface area contributed by atoms with Gasteiger partial charge in [0.1, 0.15) is 0 Å². The van der Waals surface area contributed by atoms with E-state index in [4.69, 9.17) is 0 Å². The van der Waals surface area contributed by atoms with E-state index in [-0.39, 0.29) is 11.9 Å². The molecule has 1 unspecified atom stereocenters. The Bertz CT molecular complexity index is 708. The number of hydrogen-bond donors (Lipinski definition) is 0. The number of likely N-dealkylation sites (tertiary alicyclic amines) is 1. The molecule has 0 spiro atoms. The van der Waals surface area contributed by atoms with Gasteiger partial charge in [0.05, 0.1) is 23.2 Å². The standard InChI is InChI=1S/C20H27N3OS/c1-15-21-18(14-25-15)12-20(24)23-11-5-4-6-19(23)17-9-7-16(8-10-17)13-22(2)3/h7-10,14,19H,4-6,11-13H2,1-3H3. The quantitative estimate of drug-likeness (QED) is 0.816. The summed E-state index contributed by atoms with van der Waals surface area (Å²) >= 11 is 1.61. The molecule has 1 atom stereocenters. The Morgan fingerprint density at radius 2 is 2.04 bits per heavy atom. The summed E-state index contributed by atoms with van der Waals surface area (Å²) in [7, 11) is 4.16. The molecule has 0 aliphatic carbocycles. The summed E-state index contributed by atoms with van der Waals surface area (Å²) in [4.78, 5) is 21.5. The number of thiazole rings is 1. The largest absolute Gasteiger partial charge is 0.335 e. The number of rotatable bonds is 5. The van der Waals surface area contributed by atoms with Crippen LogP contribution < -0.4 is 0 Å². The van der Waals surface area contributed by atoms with Crippen molar-refractivity contribution in [3.8, 4) is 0 Å². The lowest BCUT2D eigenvalue weighted by atomic mass is 9.94. The molecular weight excluding hydrogens is 330 g/mol. The average Bonchev–Trinajstić information content (AvgIpc) is 3.00. The molecule has 1 fully saturated rings. The molecule has 2 aromatic rings. The molecule has 1 aliphatic heterocycles. The smallest absolute Gasteiger partial charge is 0.229 e. The summed E-state index contributed by atoms with van der Waals surface area (Å²) in [5, 5.41) is 3.02. The lowest BCUT2D eigenvalue weighted by Crippen LogP contribution is -2.39. The van der Waals surface area contributed by atoms with E-state index >= 15 is 0 Å². The number of aryl methyl sites for hydroxylation is 1. The predicted molar refractivity (Wildman–Crippen MR) is 103 cm³/mol. The summed E-state index contributed by atoms with van der Waals surface area (Å²) in [6.45, 7) is 3.78. The van der Waals surface area contributed by atoms with Crippen molar-refractivity contribution in [3.05, 3.63) is 51.5 Å². The monoisotopic (exact) mass is 357 g/mol. The molecule has 0 saturated carbocycles. The van der Waals surface area contributed by atoms with Gasteiger partial charge in [-0.05, 0) is 51.4 Å². The van der Waals surface area contributed by atoms with Crippen LogP contribution in [0.2, 0.25) is 0 Å². The summed E-state index contributed by atoms with van der Waals surface area (Å²) in [6, 6.07) is 8.98. The molecule has 25 heavy (non-hydrogen) atoms. The molecule has 0 N–H and O–H groups in total. The van der Waals surface area contributed by atoms with Gasteiger partial charge in [0.2, 0.25) is 5.91 Å². The second-order valence-electron chi connectivity index (χ2n) is 7.11. The van der Waals surface area contributed by atoms with Crippen molar-refractivity contribution in [1.82, 2.24) is 14.8 Å². The highest BCUT2D eigenvalue weighted by Crippen LogP contribution is 2.31. The van der Waals surface area contributed by atoms with Gasteiger partial charge in [-0.2, -0.15) is 0 Å². The number of carbonyl (C=O) groups is 1. The zero-order valence-corrected chi connectivity index (χ0v) is 16.2. The van der Waals surface area contributed by atoms with Gasteiger partial charge in [0.25, 0.3) is 0 Å². The molecule has 0 bridgehead atoms. The van der Waals surface area contributed by atoms with Crippen LogP contribution in [-0.2, 0) is 17.8 Å². The van der Waals surface area contributed by atoms with Gasteiger partial charge < -0.3 is 9.80 Å². The Morgan fingerprint density at radius 3 is 2.68 bits per heavy atom. The number of carbonyl (C=O) groups excluding carboxylic acids is 1. The molecule has 4 nitrogen and oxygen atoms in total. The topological polar surface area (TPSA) is 36.4 Å². The molecule has 2 heterocycles. The summed E-state index contributed by atoms with van der Waals surface area (Å²) in [5.74, 6) is 0.201. The minimum atomic E-state index is 0.201. The van der Waals surface area contributed by atoms with E-state index in [1.54, 1.807) is 11.3 Å². The zero-order valence-electron chi connectivity index (χ0n) is 15.4. The first kappa shape index (κ1) is 18.1. The summed E-state index contributed by atoms with van der Waals surface area (Å²) < 4.78 is 0. The number of aromatic nitrogens is 1. The molecule has 1 saturated heterocycles. The molecular formula is C20H27N3OS. The minimum Gasteiger partial charge on any atom is -0.335 e. The van der Waals surface area contributed by atoms with Gasteiger partial charge >= 0.3 is 0 Å². The van der Waals surface area contributed by atoms with Crippen LogP contribution in [0.15, 0.2) is 29.6 Å². The van der Waals surface area contributed by atoms with E-state index in [0.29, 0.717) is 6.42 Å². The maximum atomic E-state index is 12.9. The molecule has 1 aromatic heterocycles. The van der Waals surface area contributed by atoms with E-state index in [9.17, 15) is 4.79 Å². The molecule has 3 rings (SSSR count). The second-order valence-corrected chi connectivity index (χ2v) is 8.17. The number of hydrogen-bond acceptors (Lipinski definition) is 4. The third kappa shape index (κ3) is 4.67. The van der Waals surface area contributed by atoms with Gasteiger partial charge in [0, 0.05) is 18.5 Å². The van der Waals surface area contributed by atoms with Crippen LogP contribution in [0.5, 0.6) is 0 Å². The Hall–Kier alpha value is -1.72. The lowest BCUT2D eigenvalue weighted by molar-refractivity contribution is -0.134. The van der Waals surface area contributed by atoms with E-state index in [0.717, 1.165) is 36.6 Å². The highest BCUT2D eigenvalue weighted by Gasteiger charge is 2.28. The van der Waals surface area contributed by atoms with E-state index in [1.165, 1.54) is 17.5 Å². The van der Waals surface area contributed by atoms with Crippen molar-refractivity contribution in [2.75, 3.05) is 20.6 Å². The summed E-state index contributed by atoms with van der Waals surface area (Å²) in [6.07, 6.45) is 3.75. The van der Waals surface area contributed by atoms with Crippen molar-refractivity contribution in [3.63, 3.8) is 0 Å². The van der Waals surface area contributed by atoms with Crippen LogP contribution in [0.3, 0.4) is 0 Å². The van der Waals surface area contributed by atoms with Crippen molar-refractivity contribution < 1.29 is 4.79 Å². The van der Waals surface area contributed by atoms with Crippen LogP contribution in [0.1, 0.15) is 47.1 Å². The van der Waals surface area contributed by atoms with Gasteiger partial charge in [-0.25, -0.2) is 4.98 Å². The number of nitrogens with zero attached hydrogens (tertiary/aromatic N) is 3. The van der Waals surface area contributed by atoms with E-state index in [2.05, 4.69) is 53.1 Å². The van der Waals surface area contributed by atoms with Gasteiger partial charge in [-0.3, -0.25) is 4.79 Å². The molecule has 1 aromatic carbocycles.